The Bertz CT molecular complexity index is 172. The summed E-state index contributed by atoms with van der Waals surface area (Å²) >= 11 is 3.24. The molecule has 0 saturated carbocycles. The van der Waals surface area contributed by atoms with Gasteiger partial charge in [-0.15, -0.1) is 0 Å². The van der Waals surface area contributed by atoms with Crippen molar-refractivity contribution in [2.45, 2.75) is 45.1 Å². The molecule has 1 atom stereocenters. The highest BCUT2D eigenvalue weighted by atomic mass is 79.9. The van der Waals surface area contributed by atoms with Gasteiger partial charge in [0.15, 0.2) is 0 Å². The van der Waals surface area contributed by atoms with Gasteiger partial charge in [0, 0.05) is 12.6 Å². The minimum Gasteiger partial charge on any atom is -0.339 e. The quantitative estimate of drug-likeness (QED) is 0.688. The minimum atomic E-state index is 0.258. The van der Waals surface area contributed by atoms with E-state index in [1.54, 1.807) is 0 Å². The lowest BCUT2D eigenvalue weighted by Crippen LogP contribution is -2.40. The van der Waals surface area contributed by atoms with Gasteiger partial charge in [-0.3, -0.25) is 4.79 Å². The average molecular weight is 248 g/mol. The molecule has 1 aliphatic heterocycles. The first-order chi connectivity index (χ1) is 6.29. The van der Waals surface area contributed by atoms with E-state index >= 15 is 0 Å². The highest BCUT2D eigenvalue weighted by molar-refractivity contribution is 9.09. The number of nitrogens with zero attached hydrogens (tertiary/aromatic N) is 1. The molecule has 1 unspecified atom stereocenters. The van der Waals surface area contributed by atoms with E-state index < -0.39 is 0 Å². The van der Waals surface area contributed by atoms with Crippen LogP contribution in [0.4, 0.5) is 0 Å². The van der Waals surface area contributed by atoms with Gasteiger partial charge >= 0.3 is 0 Å². The molecule has 0 radical (unpaired) electrons. The van der Waals surface area contributed by atoms with Crippen LogP contribution in [0, 0.1) is 0 Å². The van der Waals surface area contributed by atoms with Crippen LogP contribution in [0.15, 0.2) is 0 Å². The van der Waals surface area contributed by atoms with Crippen LogP contribution in [0.25, 0.3) is 0 Å². The van der Waals surface area contributed by atoms with E-state index in [1.165, 1.54) is 25.7 Å². The molecule has 2 nitrogen and oxygen atoms in total. The van der Waals surface area contributed by atoms with E-state index in [4.69, 9.17) is 0 Å². The Kier molecular flexibility index (Phi) is 4.78. The fourth-order valence-electron chi connectivity index (χ4n) is 2.01. The van der Waals surface area contributed by atoms with Crippen LogP contribution in [0.2, 0.25) is 0 Å². The van der Waals surface area contributed by atoms with Crippen molar-refractivity contribution >= 4 is 21.8 Å². The summed E-state index contributed by atoms with van der Waals surface area (Å²) in [4.78, 5) is 13.6. The summed E-state index contributed by atoms with van der Waals surface area (Å²) in [5.74, 6) is 0.258. The number of carbonyl (C=O) groups excluding carboxylic acids is 1. The Balaban J connectivity index is 2.58. The van der Waals surface area contributed by atoms with Crippen molar-refractivity contribution in [1.29, 1.82) is 0 Å². The Morgan fingerprint density at radius 1 is 1.46 bits per heavy atom. The highest BCUT2D eigenvalue weighted by Gasteiger charge is 2.22. The summed E-state index contributed by atoms with van der Waals surface area (Å²) in [5, 5.41) is 0.476. The molecule has 0 bridgehead atoms. The molecule has 76 valence electrons. The molecule has 1 saturated heterocycles. The number of rotatable bonds is 2. The van der Waals surface area contributed by atoms with Crippen molar-refractivity contribution in [2.75, 3.05) is 11.9 Å². The van der Waals surface area contributed by atoms with Gasteiger partial charge in [0.25, 0.3) is 0 Å². The zero-order valence-electron chi connectivity index (χ0n) is 8.26. The lowest BCUT2D eigenvalue weighted by molar-refractivity contribution is -0.130. The van der Waals surface area contributed by atoms with Gasteiger partial charge in [0.05, 0.1) is 5.33 Å². The monoisotopic (exact) mass is 247 g/mol. The van der Waals surface area contributed by atoms with Crippen LogP contribution in [0.1, 0.15) is 39.0 Å². The molecule has 13 heavy (non-hydrogen) atoms. The molecule has 0 aromatic heterocycles. The van der Waals surface area contributed by atoms with Gasteiger partial charge in [0.1, 0.15) is 0 Å². The standard InChI is InChI=1S/C10H18BrNO/c1-2-9-6-4-3-5-7-12(9)10(13)8-11/h9H,2-8H2,1H3. The van der Waals surface area contributed by atoms with Crippen molar-refractivity contribution in [3.63, 3.8) is 0 Å². The predicted octanol–water partition coefficient (Wildman–Crippen LogP) is 2.56. The zero-order chi connectivity index (χ0) is 9.68. The Labute approximate surface area is 88.8 Å². The maximum Gasteiger partial charge on any atom is 0.233 e. The largest absolute Gasteiger partial charge is 0.339 e. The van der Waals surface area contributed by atoms with E-state index in [0.717, 1.165) is 13.0 Å². The lowest BCUT2D eigenvalue weighted by Gasteiger charge is -2.28. The first kappa shape index (κ1) is 11.0. The fraction of sp³-hybridized carbons (Fsp3) is 0.900. The number of likely N-dealkylation sites (tertiary alicyclic amines) is 1. The van der Waals surface area contributed by atoms with Crippen LogP contribution in [-0.4, -0.2) is 28.7 Å². The molecule has 0 aliphatic carbocycles. The third-order valence-corrected chi connectivity index (χ3v) is 3.26. The molecule has 1 rings (SSSR count). The van der Waals surface area contributed by atoms with Gasteiger partial charge in [-0.05, 0) is 19.3 Å². The molecular weight excluding hydrogens is 230 g/mol. The lowest BCUT2D eigenvalue weighted by atomic mass is 10.1. The van der Waals surface area contributed by atoms with Crippen LogP contribution in [-0.2, 0) is 4.79 Å². The third-order valence-electron chi connectivity index (χ3n) is 2.78. The molecule has 1 aliphatic rings. The predicted molar refractivity (Wildman–Crippen MR) is 58.1 cm³/mol. The average Bonchev–Trinajstić information content (AvgIpc) is 2.41. The second kappa shape index (κ2) is 5.63. The normalized spacial score (nSPS) is 24.2. The zero-order valence-corrected chi connectivity index (χ0v) is 9.85. The number of halogens is 1. The maximum absolute atomic E-state index is 11.6. The summed E-state index contributed by atoms with van der Waals surface area (Å²) in [7, 11) is 0. The van der Waals surface area contributed by atoms with Crippen molar-refractivity contribution < 1.29 is 4.79 Å². The number of hydrogen-bond donors (Lipinski definition) is 0. The van der Waals surface area contributed by atoms with Gasteiger partial charge in [0.2, 0.25) is 5.91 Å². The van der Waals surface area contributed by atoms with Crippen LogP contribution < -0.4 is 0 Å². The second-order valence-corrected chi connectivity index (χ2v) is 4.19. The van der Waals surface area contributed by atoms with Crippen LogP contribution >= 0.6 is 15.9 Å². The van der Waals surface area contributed by atoms with Crippen molar-refractivity contribution in [3.8, 4) is 0 Å². The van der Waals surface area contributed by atoms with Crippen molar-refractivity contribution in [2.24, 2.45) is 0 Å². The number of carbonyl (C=O) groups is 1. The van der Waals surface area contributed by atoms with Gasteiger partial charge in [-0.2, -0.15) is 0 Å². The second-order valence-electron chi connectivity index (χ2n) is 3.63. The summed E-state index contributed by atoms with van der Waals surface area (Å²) < 4.78 is 0. The molecule has 1 heterocycles. The summed E-state index contributed by atoms with van der Waals surface area (Å²) in [5.41, 5.74) is 0. The topological polar surface area (TPSA) is 20.3 Å². The smallest absolute Gasteiger partial charge is 0.233 e. The SMILES string of the molecule is CCC1CCCCCN1C(=O)CBr. The summed E-state index contributed by atoms with van der Waals surface area (Å²) in [6.07, 6.45) is 6.02. The molecule has 3 heteroatoms. The minimum absolute atomic E-state index is 0.258. The first-order valence-electron chi connectivity index (χ1n) is 5.15. The van der Waals surface area contributed by atoms with E-state index in [0.29, 0.717) is 11.4 Å². The van der Waals surface area contributed by atoms with E-state index in [2.05, 4.69) is 27.8 Å². The first-order valence-corrected chi connectivity index (χ1v) is 6.27. The molecule has 0 N–H and O–H groups in total. The Morgan fingerprint density at radius 3 is 2.85 bits per heavy atom. The van der Waals surface area contributed by atoms with E-state index in [1.807, 2.05) is 0 Å². The Morgan fingerprint density at radius 2 is 2.23 bits per heavy atom. The Hall–Kier alpha value is -0.0500. The molecule has 0 spiro atoms. The van der Waals surface area contributed by atoms with Gasteiger partial charge < -0.3 is 4.90 Å². The summed E-state index contributed by atoms with van der Waals surface area (Å²) in [6.45, 7) is 3.13. The molecule has 0 aromatic carbocycles. The fourth-order valence-corrected chi connectivity index (χ4v) is 2.33. The third kappa shape index (κ3) is 2.97. The summed E-state index contributed by atoms with van der Waals surface area (Å²) in [6, 6.07) is 0.493. The highest BCUT2D eigenvalue weighted by Crippen LogP contribution is 2.19. The number of amides is 1. The molecular formula is C10H18BrNO. The van der Waals surface area contributed by atoms with E-state index in [9.17, 15) is 4.79 Å². The molecule has 1 fully saturated rings. The van der Waals surface area contributed by atoms with Gasteiger partial charge in [-0.1, -0.05) is 35.7 Å². The van der Waals surface area contributed by atoms with Gasteiger partial charge in [-0.25, -0.2) is 0 Å². The van der Waals surface area contributed by atoms with E-state index in [-0.39, 0.29) is 5.91 Å². The molecule has 0 aromatic rings. The maximum atomic E-state index is 11.6. The molecule has 1 amide bonds. The number of hydrogen-bond acceptors (Lipinski definition) is 1. The van der Waals surface area contributed by atoms with Crippen LogP contribution in [0.3, 0.4) is 0 Å². The van der Waals surface area contributed by atoms with Crippen LogP contribution in [0.5, 0.6) is 0 Å². The van der Waals surface area contributed by atoms with Crippen molar-refractivity contribution in [1.82, 2.24) is 4.90 Å². The van der Waals surface area contributed by atoms with Crippen molar-refractivity contribution in [3.05, 3.63) is 0 Å². The number of alkyl halides is 1.